The summed E-state index contributed by atoms with van der Waals surface area (Å²) in [5, 5.41) is 9.06. The number of hydrogen-bond donors (Lipinski definition) is 0. The molecule has 0 N–H and O–H groups in total. The fourth-order valence-electron chi connectivity index (χ4n) is 1.35. The maximum Gasteiger partial charge on any atom is 0.0999 e. The third kappa shape index (κ3) is 2.68. The second kappa shape index (κ2) is 5.67. The van der Waals surface area contributed by atoms with Gasteiger partial charge in [0.2, 0.25) is 0 Å². The standard InChI is InChI=1S/C14H14N2/c1-4-6-7-12(5-2)14-10-16-11(3)8-13(14)9-15/h4-8,10H,2H2,1,3H3/b6-4-,12-7+. The predicted octanol–water partition coefficient (Wildman–Crippen LogP) is 3.41. The van der Waals surface area contributed by atoms with E-state index in [-0.39, 0.29) is 0 Å². The van der Waals surface area contributed by atoms with Crippen LogP contribution in [0.15, 0.2) is 43.1 Å². The van der Waals surface area contributed by atoms with Gasteiger partial charge in [-0.3, -0.25) is 4.98 Å². The van der Waals surface area contributed by atoms with E-state index in [2.05, 4.69) is 17.6 Å². The summed E-state index contributed by atoms with van der Waals surface area (Å²) >= 11 is 0. The Morgan fingerprint density at radius 1 is 1.56 bits per heavy atom. The first-order chi connectivity index (χ1) is 7.72. The molecule has 16 heavy (non-hydrogen) atoms. The Bertz CT molecular complexity index is 488. The van der Waals surface area contributed by atoms with Crippen molar-refractivity contribution in [2.45, 2.75) is 13.8 Å². The van der Waals surface area contributed by atoms with Crippen molar-refractivity contribution in [2.24, 2.45) is 0 Å². The minimum Gasteiger partial charge on any atom is -0.261 e. The lowest BCUT2D eigenvalue weighted by Gasteiger charge is -2.04. The number of allylic oxidation sites excluding steroid dienone is 5. The van der Waals surface area contributed by atoms with Gasteiger partial charge in [-0.25, -0.2) is 0 Å². The van der Waals surface area contributed by atoms with E-state index in [0.29, 0.717) is 5.56 Å². The van der Waals surface area contributed by atoms with Crippen molar-refractivity contribution in [3.8, 4) is 6.07 Å². The molecule has 2 nitrogen and oxygen atoms in total. The van der Waals surface area contributed by atoms with E-state index in [1.165, 1.54) is 0 Å². The molecule has 1 aromatic rings. The second-order valence-electron chi connectivity index (χ2n) is 3.33. The lowest BCUT2D eigenvalue weighted by atomic mass is 10.0. The minimum atomic E-state index is 0.628. The van der Waals surface area contributed by atoms with E-state index in [1.807, 2.05) is 32.1 Å². The Balaban J connectivity index is 3.31. The maximum absolute atomic E-state index is 9.06. The van der Waals surface area contributed by atoms with Crippen LogP contribution in [0.2, 0.25) is 0 Å². The van der Waals surface area contributed by atoms with Crippen LogP contribution in [-0.2, 0) is 0 Å². The van der Waals surface area contributed by atoms with Crippen molar-refractivity contribution in [1.29, 1.82) is 5.26 Å². The highest BCUT2D eigenvalue weighted by atomic mass is 14.7. The van der Waals surface area contributed by atoms with Crippen LogP contribution >= 0.6 is 0 Å². The van der Waals surface area contributed by atoms with Gasteiger partial charge in [0.05, 0.1) is 11.6 Å². The first-order valence-corrected chi connectivity index (χ1v) is 5.05. The van der Waals surface area contributed by atoms with E-state index in [1.54, 1.807) is 18.3 Å². The number of nitrogens with zero attached hydrogens (tertiary/aromatic N) is 2. The smallest absolute Gasteiger partial charge is 0.0999 e. The van der Waals surface area contributed by atoms with Crippen LogP contribution in [0.5, 0.6) is 0 Å². The van der Waals surface area contributed by atoms with E-state index < -0.39 is 0 Å². The lowest BCUT2D eigenvalue weighted by Crippen LogP contribution is -1.91. The highest BCUT2D eigenvalue weighted by Gasteiger charge is 2.05. The summed E-state index contributed by atoms with van der Waals surface area (Å²) < 4.78 is 0. The molecule has 0 saturated carbocycles. The van der Waals surface area contributed by atoms with E-state index in [4.69, 9.17) is 5.26 Å². The van der Waals surface area contributed by atoms with Crippen molar-refractivity contribution in [3.63, 3.8) is 0 Å². The number of rotatable bonds is 3. The molecule has 0 aliphatic carbocycles. The van der Waals surface area contributed by atoms with Gasteiger partial charge in [0, 0.05) is 17.5 Å². The molecule has 80 valence electrons. The molecule has 0 radical (unpaired) electrons. The first kappa shape index (κ1) is 11.9. The van der Waals surface area contributed by atoms with E-state index in [0.717, 1.165) is 16.8 Å². The summed E-state index contributed by atoms with van der Waals surface area (Å²) in [6, 6.07) is 3.96. The molecule has 0 atom stereocenters. The molecule has 2 heteroatoms. The summed E-state index contributed by atoms with van der Waals surface area (Å²) in [6.45, 7) is 7.56. The van der Waals surface area contributed by atoms with Crippen LogP contribution < -0.4 is 0 Å². The van der Waals surface area contributed by atoms with Crippen LogP contribution in [-0.4, -0.2) is 4.98 Å². The van der Waals surface area contributed by atoms with Gasteiger partial charge in [0.25, 0.3) is 0 Å². The van der Waals surface area contributed by atoms with Crippen molar-refractivity contribution in [2.75, 3.05) is 0 Å². The molecular formula is C14H14N2. The zero-order chi connectivity index (χ0) is 12.0. The molecule has 0 spiro atoms. The van der Waals surface area contributed by atoms with Gasteiger partial charge in [-0.2, -0.15) is 5.26 Å². The molecule has 1 heterocycles. The van der Waals surface area contributed by atoms with Gasteiger partial charge in [0.1, 0.15) is 0 Å². The average Bonchev–Trinajstić information content (AvgIpc) is 2.31. The van der Waals surface area contributed by atoms with Crippen molar-refractivity contribution < 1.29 is 0 Å². The SMILES string of the molecule is C=C/C(=C\C=C/C)c1cnc(C)cc1C#N. The molecule has 1 rings (SSSR count). The van der Waals surface area contributed by atoms with E-state index >= 15 is 0 Å². The number of aryl methyl sites for hydroxylation is 1. The average molecular weight is 210 g/mol. The summed E-state index contributed by atoms with van der Waals surface area (Å²) in [7, 11) is 0. The summed E-state index contributed by atoms with van der Waals surface area (Å²) in [6.07, 6.45) is 9.20. The quantitative estimate of drug-likeness (QED) is 0.717. The Labute approximate surface area is 96.3 Å². The van der Waals surface area contributed by atoms with Crippen molar-refractivity contribution in [3.05, 3.63) is 60.0 Å². The summed E-state index contributed by atoms with van der Waals surface area (Å²) in [4.78, 5) is 4.20. The maximum atomic E-state index is 9.06. The number of aromatic nitrogens is 1. The normalized spacial score (nSPS) is 11.4. The molecular weight excluding hydrogens is 196 g/mol. The Morgan fingerprint density at radius 3 is 2.88 bits per heavy atom. The molecule has 0 aromatic carbocycles. The largest absolute Gasteiger partial charge is 0.261 e. The predicted molar refractivity (Wildman–Crippen MR) is 66.7 cm³/mol. The van der Waals surface area contributed by atoms with Crippen LogP contribution in [0.1, 0.15) is 23.7 Å². The fourth-order valence-corrected chi connectivity index (χ4v) is 1.35. The molecule has 0 bridgehead atoms. The number of pyridine rings is 1. The van der Waals surface area contributed by atoms with Gasteiger partial charge in [-0.05, 0) is 25.5 Å². The van der Waals surface area contributed by atoms with Crippen LogP contribution in [0, 0.1) is 18.3 Å². The second-order valence-corrected chi connectivity index (χ2v) is 3.33. The number of nitriles is 1. The monoisotopic (exact) mass is 210 g/mol. The van der Waals surface area contributed by atoms with Crippen molar-refractivity contribution >= 4 is 5.57 Å². The number of hydrogen-bond acceptors (Lipinski definition) is 2. The van der Waals surface area contributed by atoms with Gasteiger partial charge in [0.15, 0.2) is 0 Å². The fraction of sp³-hybridized carbons (Fsp3) is 0.143. The van der Waals surface area contributed by atoms with Gasteiger partial charge < -0.3 is 0 Å². The van der Waals surface area contributed by atoms with Gasteiger partial charge >= 0.3 is 0 Å². The molecule has 0 aliphatic heterocycles. The highest BCUT2D eigenvalue weighted by molar-refractivity contribution is 5.77. The zero-order valence-electron chi connectivity index (χ0n) is 9.57. The topological polar surface area (TPSA) is 36.7 Å². The van der Waals surface area contributed by atoms with Gasteiger partial charge in [-0.15, -0.1) is 0 Å². The molecule has 0 saturated heterocycles. The first-order valence-electron chi connectivity index (χ1n) is 5.05. The molecule has 0 unspecified atom stereocenters. The third-order valence-corrected chi connectivity index (χ3v) is 2.16. The molecule has 0 fully saturated rings. The summed E-state index contributed by atoms with van der Waals surface area (Å²) in [5.74, 6) is 0. The Morgan fingerprint density at radius 2 is 2.31 bits per heavy atom. The molecule has 1 aromatic heterocycles. The summed E-state index contributed by atoms with van der Waals surface area (Å²) in [5.41, 5.74) is 3.20. The highest BCUT2D eigenvalue weighted by Crippen LogP contribution is 2.19. The lowest BCUT2D eigenvalue weighted by molar-refractivity contribution is 1.18. The molecule has 0 amide bonds. The van der Waals surface area contributed by atoms with Crippen LogP contribution in [0.3, 0.4) is 0 Å². The van der Waals surface area contributed by atoms with E-state index in [9.17, 15) is 0 Å². The zero-order valence-corrected chi connectivity index (χ0v) is 9.57. The third-order valence-electron chi connectivity index (χ3n) is 2.16. The van der Waals surface area contributed by atoms with Crippen LogP contribution in [0.4, 0.5) is 0 Å². The van der Waals surface area contributed by atoms with Gasteiger partial charge in [-0.1, -0.05) is 30.9 Å². The van der Waals surface area contributed by atoms with Crippen molar-refractivity contribution in [1.82, 2.24) is 4.98 Å². The Kier molecular flexibility index (Phi) is 4.23. The van der Waals surface area contributed by atoms with Crippen LogP contribution in [0.25, 0.3) is 5.57 Å². The minimum absolute atomic E-state index is 0.628. The molecule has 0 aliphatic rings. The Hall–Kier alpha value is -2.14.